The molecule has 1 unspecified atom stereocenters. The number of hydrogen-bond donors (Lipinski definition) is 2. The van der Waals surface area contributed by atoms with Gasteiger partial charge in [-0.05, 0) is 17.7 Å². The van der Waals surface area contributed by atoms with Crippen molar-refractivity contribution in [2.24, 2.45) is 5.73 Å². The smallest absolute Gasteiger partial charge is 0.305 e. The lowest BCUT2D eigenvalue weighted by Crippen LogP contribution is -2.14. The zero-order valence-corrected chi connectivity index (χ0v) is 8.79. The maximum Gasteiger partial charge on any atom is 0.305 e. The first-order valence-electron chi connectivity index (χ1n) is 4.54. The van der Waals surface area contributed by atoms with Gasteiger partial charge in [-0.1, -0.05) is 17.8 Å². The minimum Gasteiger partial charge on any atom is -0.481 e. The highest BCUT2D eigenvalue weighted by atomic mass is 32.2. The lowest BCUT2D eigenvalue weighted by molar-refractivity contribution is -0.137. The van der Waals surface area contributed by atoms with Crippen LogP contribution in [0.5, 0.6) is 5.75 Å². The van der Waals surface area contributed by atoms with Gasteiger partial charge in [0, 0.05) is 6.04 Å². The number of carboxylic acids is 1. The number of hydrogen-bond acceptors (Lipinski definition) is 4. The summed E-state index contributed by atoms with van der Waals surface area (Å²) < 4.78 is 5.35. The molecule has 1 aromatic rings. The van der Waals surface area contributed by atoms with Gasteiger partial charge in [-0.3, -0.25) is 4.79 Å². The minimum atomic E-state index is -0.890. The summed E-state index contributed by atoms with van der Waals surface area (Å²) >= 11 is 1.62. The van der Waals surface area contributed by atoms with Gasteiger partial charge in [0.15, 0.2) is 0 Å². The monoisotopic (exact) mass is 225 g/mol. The van der Waals surface area contributed by atoms with Crippen molar-refractivity contribution in [1.82, 2.24) is 0 Å². The van der Waals surface area contributed by atoms with E-state index in [1.165, 1.54) is 0 Å². The van der Waals surface area contributed by atoms with Gasteiger partial charge in [-0.25, -0.2) is 0 Å². The second-order valence-corrected chi connectivity index (χ2v) is 4.28. The predicted molar refractivity (Wildman–Crippen MR) is 57.0 cm³/mol. The summed E-state index contributed by atoms with van der Waals surface area (Å²) in [5.41, 5.74) is 6.55. The van der Waals surface area contributed by atoms with Gasteiger partial charge in [0.05, 0.1) is 11.3 Å². The summed E-state index contributed by atoms with van der Waals surface area (Å²) in [6.07, 6.45) is -0.0636. The fourth-order valence-electron chi connectivity index (χ4n) is 1.45. The first-order chi connectivity index (χ1) is 7.16. The summed E-state index contributed by atoms with van der Waals surface area (Å²) in [5.74, 6) is 0.532. The predicted octanol–water partition coefficient (Wildman–Crippen LogP) is 1.60. The van der Waals surface area contributed by atoms with E-state index in [1.807, 2.05) is 18.2 Å². The van der Waals surface area contributed by atoms with Crippen LogP contribution in [-0.4, -0.2) is 17.0 Å². The van der Waals surface area contributed by atoms with Gasteiger partial charge in [-0.15, -0.1) is 0 Å². The third kappa shape index (κ3) is 2.24. The van der Waals surface area contributed by atoms with E-state index in [2.05, 4.69) is 0 Å². The number of carboxylic acid groups (broad SMARTS) is 1. The van der Waals surface area contributed by atoms with Crippen molar-refractivity contribution in [1.29, 1.82) is 0 Å². The van der Waals surface area contributed by atoms with E-state index in [1.54, 1.807) is 11.8 Å². The molecule has 0 amide bonds. The lowest BCUT2D eigenvalue weighted by atomic mass is 10.0. The molecule has 0 aliphatic carbocycles. The second kappa shape index (κ2) is 4.12. The van der Waals surface area contributed by atoms with E-state index in [9.17, 15) is 4.79 Å². The zero-order valence-electron chi connectivity index (χ0n) is 7.97. The summed E-state index contributed by atoms with van der Waals surface area (Å²) in [4.78, 5) is 11.6. The number of carbonyl (C=O) groups is 1. The van der Waals surface area contributed by atoms with Crippen LogP contribution in [0.1, 0.15) is 18.0 Å². The molecule has 80 valence electrons. The first kappa shape index (κ1) is 10.3. The molecule has 0 spiro atoms. The van der Waals surface area contributed by atoms with E-state index in [-0.39, 0.29) is 6.42 Å². The molecule has 0 saturated heterocycles. The number of ether oxygens (including phenoxy) is 1. The first-order valence-corrected chi connectivity index (χ1v) is 5.52. The molecule has 1 atom stereocenters. The molecule has 1 aliphatic rings. The third-order valence-corrected chi connectivity index (χ3v) is 3.10. The summed E-state index contributed by atoms with van der Waals surface area (Å²) in [6.45, 7) is 0. The molecule has 3 N–H and O–H groups in total. The molecular formula is C10H11NO3S. The Labute approximate surface area is 91.4 Å². The van der Waals surface area contributed by atoms with E-state index in [4.69, 9.17) is 15.6 Å². The Kier molecular flexibility index (Phi) is 2.83. The molecule has 1 aromatic carbocycles. The Morgan fingerprint density at radius 2 is 2.47 bits per heavy atom. The quantitative estimate of drug-likeness (QED) is 0.817. The van der Waals surface area contributed by atoms with Gasteiger partial charge >= 0.3 is 5.97 Å². The maximum absolute atomic E-state index is 10.5. The van der Waals surface area contributed by atoms with Gasteiger partial charge in [0.25, 0.3) is 0 Å². The number of rotatable bonds is 3. The Morgan fingerprint density at radius 1 is 1.67 bits per heavy atom. The average Bonchev–Trinajstić information content (AvgIpc) is 2.62. The molecule has 2 rings (SSSR count). The van der Waals surface area contributed by atoms with Crippen molar-refractivity contribution in [2.45, 2.75) is 17.4 Å². The maximum atomic E-state index is 10.5. The van der Waals surface area contributed by atoms with Crippen LogP contribution < -0.4 is 10.5 Å². The standard InChI is InChI=1S/C10H11NO3S/c11-7(4-10(12)13)6-1-2-9-8(3-6)14-5-15-9/h1-3,7H,4-5,11H2,(H,12,13). The van der Waals surface area contributed by atoms with Crippen LogP contribution in [0.25, 0.3) is 0 Å². The normalized spacial score (nSPS) is 15.5. The number of benzene rings is 1. The number of nitrogens with two attached hydrogens (primary N) is 1. The summed E-state index contributed by atoms with van der Waals surface area (Å²) in [7, 11) is 0. The van der Waals surface area contributed by atoms with Crippen molar-refractivity contribution in [2.75, 3.05) is 5.94 Å². The fourth-order valence-corrected chi connectivity index (χ4v) is 2.19. The SMILES string of the molecule is NC(CC(=O)O)c1ccc2c(c1)OCS2. The Bertz CT molecular complexity index is 394. The van der Waals surface area contributed by atoms with Crippen molar-refractivity contribution < 1.29 is 14.6 Å². The zero-order chi connectivity index (χ0) is 10.8. The molecule has 1 aliphatic heterocycles. The van der Waals surface area contributed by atoms with Crippen LogP contribution in [0, 0.1) is 0 Å². The van der Waals surface area contributed by atoms with Crippen molar-refractivity contribution in [3.8, 4) is 5.75 Å². The van der Waals surface area contributed by atoms with Crippen LogP contribution in [0.2, 0.25) is 0 Å². The topological polar surface area (TPSA) is 72.6 Å². The fraction of sp³-hybridized carbons (Fsp3) is 0.300. The molecule has 0 bridgehead atoms. The van der Waals surface area contributed by atoms with Crippen LogP contribution >= 0.6 is 11.8 Å². The molecular weight excluding hydrogens is 214 g/mol. The van der Waals surface area contributed by atoms with Crippen molar-refractivity contribution in [3.05, 3.63) is 23.8 Å². The molecule has 0 saturated carbocycles. The molecule has 0 radical (unpaired) electrons. The summed E-state index contributed by atoms with van der Waals surface area (Å²) in [5, 5.41) is 8.62. The largest absolute Gasteiger partial charge is 0.481 e. The van der Waals surface area contributed by atoms with E-state index in [0.717, 1.165) is 16.2 Å². The number of aliphatic carboxylic acids is 1. The number of fused-ring (bicyclic) bond motifs is 1. The van der Waals surface area contributed by atoms with Crippen LogP contribution in [-0.2, 0) is 4.79 Å². The van der Waals surface area contributed by atoms with Crippen LogP contribution in [0.3, 0.4) is 0 Å². The van der Waals surface area contributed by atoms with Gasteiger partial charge < -0.3 is 15.6 Å². The van der Waals surface area contributed by atoms with Crippen molar-refractivity contribution >= 4 is 17.7 Å². The molecule has 4 nitrogen and oxygen atoms in total. The molecule has 1 heterocycles. The Hall–Kier alpha value is -1.20. The molecule has 0 fully saturated rings. The summed E-state index contributed by atoms with van der Waals surface area (Å²) in [6, 6.07) is 5.13. The molecule has 5 heteroatoms. The van der Waals surface area contributed by atoms with Crippen LogP contribution in [0.4, 0.5) is 0 Å². The average molecular weight is 225 g/mol. The van der Waals surface area contributed by atoms with Gasteiger partial charge in [-0.2, -0.15) is 0 Å². The van der Waals surface area contributed by atoms with E-state index >= 15 is 0 Å². The third-order valence-electron chi connectivity index (χ3n) is 2.22. The van der Waals surface area contributed by atoms with Crippen molar-refractivity contribution in [3.63, 3.8) is 0 Å². The highest BCUT2D eigenvalue weighted by Crippen LogP contribution is 2.37. The van der Waals surface area contributed by atoms with E-state index < -0.39 is 12.0 Å². The minimum absolute atomic E-state index is 0.0636. The lowest BCUT2D eigenvalue weighted by Gasteiger charge is -2.10. The highest BCUT2D eigenvalue weighted by Gasteiger charge is 2.16. The molecule has 0 aromatic heterocycles. The van der Waals surface area contributed by atoms with Crippen LogP contribution in [0.15, 0.2) is 23.1 Å². The van der Waals surface area contributed by atoms with Gasteiger partial charge in [0.2, 0.25) is 0 Å². The Morgan fingerprint density at radius 3 is 3.20 bits per heavy atom. The molecule has 15 heavy (non-hydrogen) atoms. The highest BCUT2D eigenvalue weighted by molar-refractivity contribution is 7.99. The second-order valence-electron chi connectivity index (χ2n) is 3.32. The number of thioether (sulfide) groups is 1. The Balaban J connectivity index is 2.19. The van der Waals surface area contributed by atoms with Gasteiger partial charge in [0.1, 0.15) is 11.7 Å². The van der Waals surface area contributed by atoms with E-state index in [0.29, 0.717) is 5.94 Å².